The van der Waals surface area contributed by atoms with Gasteiger partial charge in [0.2, 0.25) is 0 Å². The average Bonchev–Trinajstić information content (AvgIpc) is 2.23. The van der Waals surface area contributed by atoms with Crippen LogP contribution in [0.25, 0.3) is 0 Å². The minimum atomic E-state index is -4.39. The van der Waals surface area contributed by atoms with Crippen molar-refractivity contribution in [1.82, 2.24) is 10.2 Å². The van der Waals surface area contributed by atoms with E-state index in [1.807, 2.05) is 4.90 Å². The Morgan fingerprint density at radius 3 is 2.82 bits per heavy atom. The van der Waals surface area contributed by atoms with Gasteiger partial charge in [-0.15, -0.1) is 0 Å². The van der Waals surface area contributed by atoms with E-state index in [-0.39, 0.29) is 6.61 Å². The number of nitrogens with zero attached hydrogens (tertiary/aromatic N) is 1. The van der Waals surface area contributed by atoms with Gasteiger partial charge >= 0.3 is 13.8 Å². The van der Waals surface area contributed by atoms with E-state index < -0.39 is 19.8 Å². The molecule has 0 saturated carbocycles. The Kier molecular flexibility index (Phi) is 5.51. The molecule has 0 bridgehead atoms. The van der Waals surface area contributed by atoms with Gasteiger partial charge in [0.25, 0.3) is 0 Å². The molecule has 1 atom stereocenters. The molecule has 17 heavy (non-hydrogen) atoms. The van der Waals surface area contributed by atoms with Crippen LogP contribution in [0, 0.1) is 0 Å². The van der Waals surface area contributed by atoms with Crippen LogP contribution in [0.2, 0.25) is 0 Å². The van der Waals surface area contributed by atoms with E-state index in [1.54, 1.807) is 0 Å². The van der Waals surface area contributed by atoms with Crippen molar-refractivity contribution in [2.75, 3.05) is 32.8 Å². The standard InChI is InChI=1S/C8H17N2O6P/c11-8(12)7-6-10(4-2-9-7)3-1-5-16-17(13,14)15/h7,9H,1-6H2,(H,11,12)(H2,13,14,15). The number of carboxylic acids is 1. The molecule has 0 aromatic carbocycles. The van der Waals surface area contributed by atoms with Crippen molar-refractivity contribution in [1.29, 1.82) is 0 Å². The van der Waals surface area contributed by atoms with Crippen LogP contribution in [0.3, 0.4) is 0 Å². The molecule has 8 nitrogen and oxygen atoms in total. The second-order valence-corrected chi connectivity index (χ2v) is 5.06. The highest BCUT2D eigenvalue weighted by Crippen LogP contribution is 2.35. The highest BCUT2D eigenvalue weighted by atomic mass is 31.2. The SMILES string of the molecule is O=C(O)C1CN(CCCOP(=O)(O)O)CCN1. The number of hydrogen-bond acceptors (Lipinski definition) is 5. The molecular formula is C8H17N2O6P. The normalized spacial score (nSPS) is 22.6. The van der Waals surface area contributed by atoms with Gasteiger partial charge in [-0.05, 0) is 6.42 Å². The first-order valence-electron chi connectivity index (χ1n) is 5.27. The number of hydrogen-bond donors (Lipinski definition) is 4. The summed E-state index contributed by atoms with van der Waals surface area (Å²) in [6.45, 7) is 2.23. The molecule has 9 heteroatoms. The molecule has 0 radical (unpaired) electrons. The van der Waals surface area contributed by atoms with Gasteiger partial charge in [0.1, 0.15) is 6.04 Å². The number of piperazine rings is 1. The van der Waals surface area contributed by atoms with Crippen molar-refractivity contribution >= 4 is 13.8 Å². The summed E-state index contributed by atoms with van der Waals surface area (Å²) >= 11 is 0. The van der Waals surface area contributed by atoms with E-state index in [1.165, 1.54) is 0 Å². The third-order valence-electron chi connectivity index (χ3n) is 2.44. The van der Waals surface area contributed by atoms with E-state index in [9.17, 15) is 9.36 Å². The van der Waals surface area contributed by atoms with E-state index >= 15 is 0 Å². The average molecular weight is 268 g/mol. The van der Waals surface area contributed by atoms with Crippen LogP contribution in [0.5, 0.6) is 0 Å². The van der Waals surface area contributed by atoms with Crippen molar-refractivity contribution in [2.45, 2.75) is 12.5 Å². The molecule has 1 fully saturated rings. The Morgan fingerprint density at radius 1 is 1.53 bits per heavy atom. The van der Waals surface area contributed by atoms with Crippen LogP contribution in [-0.2, 0) is 13.9 Å². The predicted octanol–water partition coefficient (Wildman–Crippen LogP) is -1.16. The first kappa shape index (κ1) is 14.6. The molecular weight excluding hydrogens is 251 g/mol. The fraction of sp³-hybridized carbons (Fsp3) is 0.875. The van der Waals surface area contributed by atoms with Crippen molar-refractivity contribution < 1.29 is 28.8 Å². The number of aliphatic carboxylic acids is 1. The van der Waals surface area contributed by atoms with Crippen molar-refractivity contribution in [3.8, 4) is 0 Å². The number of nitrogens with one attached hydrogen (secondary N) is 1. The molecule has 1 aliphatic rings. The molecule has 1 rings (SSSR count). The van der Waals surface area contributed by atoms with E-state index in [0.29, 0.717) is 26.1 Å². The minimum absolute atomic E-state index is 0.0358. The summed E-state index contributed by atoms with van der Waals surface area (Å²) < 4.78 is 14.7. The topological polar surface area (TPSA) is 119 Å². The van der Waals surface area contributed by atoms with Gasteiger partial charge in [0.15, 0.2) is 0 Å². The second kappa shape index (κ2) is 6.44. The summed E-state index contributed by atoms with van der Waals surface area (Å²) in [5.41, 5.74) is 0. The second-order valence-electron chi connectivity index (χ2n) is 3.82. The summed E-state index contributed by atoms with van der Waals surface area (Å²) in [5.74, 6) is -0.888. The molecule has 0 amide bonds. The lowest BCUT2D eigenvalue weighted by atomic mass is 10.2. The van der Waals surface area contributed by atoms with Gasteiger partial charge in [-0.2, -0.15) is 0 Å². The van der Waals surface area contributed by atoms with Gasteiger partial charge in [0.05, 0.1) is 6.61 Å². The number of carboxylic acid groups (broad SMARTS) is 1. The van der Waals surface area contributed by atoms with Gasteiger partial charge in [-0.3, -0.25) is 14.2 Å². The lowest BCUT2D eigenvalue weighted by molar-refractivity contribution is -0.140. The zero-order valence-corrected chi connectivity index (χ0v) is 10.2. The highest BCUT2D eigenvalue weighted by Gasteiger charge is 2.24. The van der Waals surface area contributed by atoms with Crippen molar-refractivity contribution in [3.05, 3.63) is 0 Å². The molecule has 1 heterocycles. The number of carbonyl (C=O) groups is 1. The zero-order valence-electron chi connectivity index (χ0n) is 9.28. The molecule has 1 unspecified atom stereocenters. The lowest BCUT2D eigenvalue weighted by Gasteiger charge is -2.31. The predicted molar refractivity (Wildman–Crippen MR) is 58.5 cm³/mol. The van der Waals surface area contributed by atoms with Crippen molar-refractivity contribution in [2.24, 2.45) is 0 Å². The molecule has 4 N–H and O–H groups in total. The first-order valence-corrected chi connectivity index (χ1v) is 6.80. The Bertz CT molecular complexity index is 306. The molecule has 1 aliphatic heterocycles. The maximum absolute atomic E-state index is 10.7. The van der Waals surface area contributed by atoms with E-state index in [4.69, 9.17) is 14.9 Å². The Hall–Kier alpha value is -0.500. The quantitative estimate of drug-likeness (QED) is 0.352. The largest absolute Gasteiger partial charge is 0.480 e. The zero-order chi connectivity index (χ0) is 12.9. The maximum atomic E-state index is 10.7. The highest BCUT2D eigenvalue weighted by molar-refractivity contribution is 7.46. The van der Waals surface area contributed by atoms with Crippen LogP contribution < -0.4 is 5.32 Å². The van der Waals surface area contributed by atoms with Crippen LogP contribution in [-0.4, -0.2) is 64.6 Å². The minimum Gasteiger partial charge on any atom is -0.480 e. The smallest absolute Gasteiger partial charge is 0.469 e. The van der Waals surface area contributed by atoms with Gasteiger partial charge < -0.3 is 20.2 Å². The summed E-state index contributed by atoms with van der Waals surface area (Å²) in [6, 6.07) is -0.577. The maximum Gasteiger partial charge on any atom is 0.469 e. The van der Waals surface area contributed by atoms with Crippen molar-refractivity contribution in [3.63, 3.8) is 0 Å². The molecule has 1 saturated heterocycles. The fourth-order valence-corrected chi connectivity index (χ4v) is 2.02. The van der Waals surface area contributed by atoms with Gasteiger partial charge in [0, 0.05) is 26.2 Å². The fourth-order valence-electron chi connectivity index (χ4n) is 1.65. The summed E-state index contributed by atoms with van der Waals surface area (Å²) in [5, 5.41) is 11.7. The molecule has 0 spiro atoms. The molecule has 100 valence electrons. The monoisotopic (exact) mass is 268 g/mol. The number of phosphoric acid groups is 1. The van der Waals surface area contributed by atoms with Crippen LogP contribution in [0.4, 0.5) is 0 Å². The summed E-state index contributed by atoms with van der Waals surface area (Å²) in [7, 11) is -4.39. The molecule has 0 aromatic heterocycles. The van der Waals surface area contributed by atoms with Crippen LogP contribution >= 0.6 is 7.82 Å². The van der Waals surface area contributed by atoms with Crippen LogP contribution in [0.15, 0.2) is 0 Å². The van der Waals surface area contributed by atoms with Gasteiger partial charge in [-0.1, -0.05) is 0 Å². The first-order chi connectivity index (χ1) is 7.88. The third kappa shape index (κ3) is 6.11. The van der Waals surface area contributed by atoms with Gasteiger partial charge in [-0.25, -0.2) is 4.57 Å². The lowest BCUT2D eigenvalue weighted by Crippen LogP contribution is -2.54. The number of phosphoric ester groups is 1. The third-order valence-corrected chi connectivity index (χ3v) is 2.95. The van der Waals surface area contributed by atoms with E-state index in [2.05, 4.69) is 9.84 Å². The Labute approximate surface area is 98.8 Å². The molecule has 0 aliphatic carbocycles. The molecule has 0 aromatic rings. The summed E-state index contributed by atoms with van der Waals surface area (Å²) in [6.07, 6.45) is 0.456. The number of rotatable bonds is 6. The summed E-state index contributed by atoms with van der Waals surface area (Å²) in [4.78, 5) is 29.6. The van der Waals surface area contributed by atoms with E-state index in [0.717, 1.165) is 6.54 Å². The Balaban J connectivity index is 2.19. The Morgan fingerprint density at radius 2 is 2.24 bits per heavy atom. The van der Waals surface area contributed by atoms with Crippen LogP contribution in [0.1, 0.15) is 6.42 Å².